The van der Waals surface area contributed by atoms with Crippen LogP contribution in [0.2, 0.25) is 0 Å². The Kier molecular flexibility index (Phi) is 2.51. The number of halogens is 1. The van der Waals surface area contributed by atoms with E-state index in [9.17, 15) is 4.39 Å². The fraction of sp³-hybridized carbons (Fsp3) is 0.286. The Hall–Kier alpha value is -1.00. The molecule has 0 radical (unpaired) electrons. The molecule has 0 bridgehead atoms. The Morgan fingerprint density at radius 1 is 1.73 bits per heavy atom. The summed E-state index contributed by atoms with van der Waals surface area (Å²) in [6.45, 7) is 0.0148. The molecule has 60 valence electrons. The molecule has 3 nitrogen and oxygen atoms in total. The zero-order valence-corrected chi connectivity index (χ0v) is 5.87. The summed E-state index contributed by atoms with van der Waals surface area (Å²) in [5, 5.41) is 9.12. The summed E-state index contributed by atoms with van der Waals surface area (Å²) in [6.07, 6.45) is 1.53. The van der Waals surface area contributed by atoms with Crippen LogP contribution in [0.15, 0.2) is 18.5 Å². The van der Waals surface area contributed by atoms with Crippen LogP contribution in [0.1, 0.15) is 11.7 Å². The first-order chi connectivity index (χ1) is 5.25. The van der Waals surface area contributed by atoms with Gasteiger partial charge in [0.05, 0.1) is 12.3 Å². The number of hydrogen-bond donors (Lipinski definition) is 2. The highest BCUT2D eigenvalue weighted by atomic mass is 19.1. The minimum atomic E-state index is -0.932. The van der Waals surface area contributed by atoms with Crippen molar-refractivity contribution in [1.29, 1.82) is 0 Å². The Balaban J connectivity index is 2.93. The maximum Gasteiger partial charge on any atom is 0.147 e. The first kappa shape index (κ1) is 8.10. The number of aliphatic hydroxyl groups is 1. The molecular weight excluding hydrogens is 147 g/mol. The van der Waals surface area contributed by atoms with E-state index in [2.05, 4.69) is 4.98 Å². The molecule has 1 atom stereocenters. The molecule has 0 saturated heterocycles. The normalized spacial score (nSPS) is 13.0. The van der Waals surface area contributed by atoms with Crippen LogP contribution in [0.25, 0.3) is 0 Å². The topological polar surface area (TPSA) is 59.1 Å². The lowest BCUT2D eigenvalue weighted by Gasteiger charge is -2.07. The molecule has 0 aliphatic heterocycles. The summed E-state index contributed by atoms with van der Waals surface area (Å²) >= 11 is 0. The standard InChI is InChI=1S/C7H9FN2O/c8-6-4-10-2-1-5(6)7(11)3-9/h1-2,4,7,11H,3,9H2/t7-/m0/s1. The van der Waals surface area contributed by atoms with Gasteiger partial charge in [0.1, 0.15) is 5.82 Å². The van der Waals surface area contributed by atoms with Crippen molar-refractivity contribution in [1.82, 2.24) is 4.98 Å². The van der Waals surface area contributed by atoms with Crippen LogP contribution in [0.4, 0.5) is 4.39 Å². The van der Waals surface area contributed by atoms with Gasteiger partial charge in [-0.05, 0) is 6.07 Å². The van der Waals surface area contributed by atoms with Gasteiger partial charge in [0, 0.05) is 18.3 Å². The van der Waals surface area contributed by atoms with E-state index in [1.54, 1.807) is 0 Å². The van der Waals surface area contributed by atoms with Crippen molar-refractivity contribution in [2.75, 3.05) is 6.54 Å². The molecule has 0 amide bonds. The van der Waals surface area contributed by atoms with E-state index in [0.29, 0.717) is 0 Å². The number of hydrogen-bond acceptors (Lipinski definition) is 3. The quantitative estimate of drug-likeness (QED) is 0.643. The van der Waals surface area contributed by atoms with Crippen LogP contribution < -0.4 is 5.73 Å². The molecule has 1 heterocycles. The Bertz CT molecular complexity index is 242. The Morgan fingerprint density at radius 2 is 2.45 bits per heavy atom. The van der Waals surface area contributed by atoms with Crippen LogP contribution in [-0.2, 0) is 0 Å². The van der Waals surface area contributed by atoms with Crippen LogP contribution in [0.5, 0.6) is 0 Å². The lowest BCUT2D eigenvalue weighted by molar-refractivity contribution is 0.181. The largest absolute Gasteiger partial charge is 0.387 e. The van der Waals surface area contributed by atoms with Crippen molar-refractivity contribution in [3.05, 3.63) is 29.8 Å². The van der Waals surface area contributed by atoms with E-state index in [4.69, 9.17) is 10.8 Å². The number of pyridine rings is 1. The molecule has 1 aromatic heterocycles. The lowest BCUT2D eigenvalue weighted by atomic mass is 10.1. The number of rotatable bonds is 2. The summed E-state index contributed by atoms with van der Waals surface area (Å²) < 4.78 is 12.7. The smallest absolute Gasteiger partial charge is 0.147 e. The van der Waals surface area contributed by atoms with Crippen LogP contribution in [0, 0.1) is 5.82 Å². The third kappa shape index (κ3) is 1.72. The molecule has 0 unspecified atom stereocenters. The highest BCUT2D eigenvalue weighted by molar-refractivity contribution is 5.15. The van der Waals surface area contributed by atoms with Gasteiger partial charge in [0.2, 0.25) is 0 Å². The number of aliphatic hydroxyl groups excluding tert-OH is 1. The summed E-state index contributed by atoms with van der Waals surface area (Å²) in [5.74, 6) is -0.523. The van der Waals surface area contributed by atoms with Gasteiger partial charge in [-0.2, -0.15) is 0 Å². The maximum atomic E-state index is 12.7. The van der Waals surface area contributed by atoms with Crippen molar-refractivity contribution in [2.24, 2.45) is 5.73 Å². The van der Waals surface area contributed by atoms with Crippen LogP contribution in [-0.4, -0.2) is 16.6 Å². The average molecular weight is 156 g/mol. The first-order valence-electron chi connectivity index (χ1n) is 3.23. The third-order valence-electron chi connectivity index (χ3n) is 1.39. The van der Waals surface area contributed by atoms with Crippen molar-refractivity contribution >= 4 is 0 Å². The van der Waals surface area contributed by atoms with E-state index in [0.717, 1.165) is 6.20 Å². The predicted octanol–water partition coefficient (Wildman–Crippen LogP) is 0.213. The van der Waals surface area contributed by atoms with E-state index in [-0.39, 0.29) is 12.1 Å². The minimum Gasteiger partial charge on any atom is -0.387 e. The lowest BCUT2D eigenvalue weighted by Crippen LogP contribution is -2.12. The van der Waals surface area contributed by atoms with Crippen molar-refractivity contribution in [3.8, 4) is 0 Å². The van der Waals surface area contributed by atoms with E-state index in [1.165, 1.54) is 12.3 Å². The average Bonchev–Trinajstić information content (AvgIpc) is 2.04. The van der Waals surface area contributed by atoms with Crippen molar-refractivity contribution < 1.29 is 9.50 Å². The monoisotopic (exact) mass is 156 g/mol. The van der Waals surface area contributed by atoms with Gasteiger partial charge < -0.3 is 10.8 Å². The fourth-order valence-corrected chi connectivity index (χ4v) is 0.783. The van der Waals surface area contributed by atoms with E-state index < -0.39 is 11.9 Å². The third-order valence-corrected chi connectivity index (χ3v) is 1.39. The van der Waals surface area contributed by atoms with Crippen LogP contribution in [0.3, 0.4) is 0 Å². The summed E-state index contributed by atoms with van der Waals surface area (Å²) in [4.78, 5) is 3.53. The van der Waals surface area contributed by atoms with Gasteiger partial charge in [-0.1, -0.05) is 0 Å². The summed E-state index contributed by atoms with van der Waals surface area (Å²) in [6, 6.07) is 1.41. The number of nitrogens with zero attached hydrogens (tertiary/aromatic N) is 1. The SMILES string of the molecule is NC[C@H](O)c1ccncc1F. The summed E-state index contributed by atoms with van der Waals surface area (Å²) in [7, 11) is 0. The van der Waals surface area contributed by atoms with Gasteiger partial charge in [0.15, 0.2) is 0 Å². The second kappa shape index (κ2) is 3.41. The molecule has 0 aliphatic rings. The molecule has 1 rings (SSSR count). The number of nitrogens with two attached hydrogens (primary N) is 1. The number of aromatic nitrogens is 1. The van der Waals surface area contributed by atoms with Crippen LogP contribution >= 0.6 is 0 Å². The molecule has 0 spiro atoms. The molecule has 1 aromatic rings. The van der Waals surface area contributed by atoms with Gasteiger partial charge in [0.25, 0.3) is 0 Å². The molecule has 3 N–H and O–H groups in total. The molecule has 0 aromatic carbocycles. The molecular formula is C7H9FN2O. The Morgan fingerprint density at radius 3 is 3.00 bits per heavy atom. The zero-order valence-electron chi connectivity index (χ0n) is 5.87. The minimum absolute atomic E-state index is 0.0148. The predicted molar refractivity (Wildman–Crippen MR) is 38.2 cm³/mol. The highest BCUT2D eigenvalue weighted by Crippen LogP contribution is 2.13. The maximum absolute atomic E-state index is 12.7. The molecule has 4 heteroatoms. The van der Waals surface area contributed by atoms with Gasteiger partial charge in [-0.15, -0.1) is 0 Å². The summed E-state index contributed by atoms with van der Waals surface area (Å²) in [5.41, 5.74) is 5.33. The molecule has 0 saturated carbocycles. The second-order valence-electron chi connectivity index (χ2n) is 2.15. The van der Waals surface area contributed by atoms with E-state index in [1.807, 2.05) is 0 Å². The van der Waals surface area contributed by atoms with Gasteiger partial charge >= 0.3 is 0 Å². The van der Waals surface area contributed by atoms with Gasteiger partial charge in [-0.3, -0.25) is 4.98 Å². The molecule has 0 fully saturated rings. The van der Waals surface area contributed by atoms with E-state index >= 15 is 0 Å². The Labute approximate surface area is 63.7 Å². The first-order valence-corrected chi connectivity index (χ1v) is 3.23. The fourth-order valence-electron chi connectivity index (χ4n) is 0.783. The van der Waals surface area contributed by atoms with Crippen molar-refractivity contribution in [2.45, 2.75) is 6.10 Å². The molecule has 0 aliphatic carbocycles. The molecule has 11 heavy (non-hydrogen) atoms. The second-order valence-corrected chi connectivity index (χ2v) is 2.15. The van der Waals surface area contributed by atoms with Gasteiger partial charge in [-0.25, -0.2) is 4.39 Å². The highest BCUT2D eigenvalue weighted by Gasteiger charge is 2.09. The van der Waals surface area contributed by atoms with Crippen molar-refractivity contribution in [3.63, 3.8) is 0 Å². The zero-order chi connectivity index (χ0) is 8.27.